The third kappa shape index (κ3) is 2.59. The molecule has 1 N–H and O–H groups in total. The molecule has 5 heteroatoms. The predicted octanol–water partition coefficient (Wildman–Crippen LogP) is 2.52. The van der Waals surface area contributed by atoms with Crippen molar-refractivity contribution in [1.82, 2.24) is 19.7 Å². The van der Waals surface area contributed by atoms with Crippen molar-refractivity contribution >= 4 is 5.82 Å². The highest BCUT2D eigenvalue weighted by atomic mass is 15.3. The van der Waals surface area contributed by atoms with Gasteiger partial charge in [-0.1, -0.05) is 20.8 Å². The lowest BCUT2D eigenvalue weighted by Crippen LogP contribution is -2.18. The summed E-state index contributed by atoms with van der Waals surface area (Å²) in [4.78, 5) is 9.31. The summed E-state index contributed by atoms with van der Waals surface area (Å²) in [6.45, 7) is 8.35. The zero-order valence-electron chi connectivity index (χ0n) is 12.4. The Balaban J connectivity index is 2.65. The summed E-state index contributed by atoms with van der Waals surface area (Å²) in [6.07, 6.45) is 1.92. The summed E-state index contributed by atoms with van der Waals surface area (Å²) in [5.41, 5.74) is 2.70. The molecular weight excluding hydrogens is 238 g/mol. The highest BCUT2D eigenvalue weighted by Gasteiger charge is 2.22. The van der Waals surface area contributed by atoms with Crippen LogP contribution in [0.2, 0.25) is 0 Å². The van der Waals surface area contributed by atoms with Gasteiger partial charge in [0, 0.05) is 31.3 Å². The maximum Gasteiger partial charge on any atom is 0.136 e. The first kappa shape index (κ1) is 13.5. The SMILES string of the molecule is CNc1nc(C(C)(C)C)nc(-c2ccn(C)n2)c1C. The van der Waals surface area contributed by atoms with Gasteiger partial charge in [-0.25, -0.2) is 9.97 Å². The summed E-state index contributed by atoms with van der Waals surface area (Å²) < 4.78 is 1.78. The van der Waals surface area contributed by atoms with Crippen molar-refractivity contribution in [3.8, 4) is 11.4 Å². The molecule has 0 spiro atoms. The Morgan fingerprint density at radius 3 is 2.37 bits per heavy atom. The molecule has 2 rings (SSSR count). The van der Waals surface area contributed by atoms with E-state index >= 15 is 0 Å². The van der Waals surface area contributed by atoms with E-state index in [1.807, 2.05) is 33.3 Å². The van der Waals surface area contributed by atoms with Gasteiger partial charge < -0.3 is 5.32 Å². The number of hydrogen-bond acceptors (Lipinski definition) is 4. The Morgan fingerprint density at radius 1 is 1.21 bits per heavy atom. The lowest BCUT2D eigenvalue weighted by molar-refractivity contribution is 0.546. The lowest BCUT2D eigenvalue weighted by Gasteiger charge is -2.19. The summed E-state index contributed by atoms with van der Waals surface area (Å²) in [7, 11) is 3.79. The van der Waals surface area contributed by atoms with E-state index in [0.29, 0.717) is 0 Å². The van der Waals surface area contributed by atoms with Gasteiger partial charge in [0.1, 0.15) is 17.3 Å². The first-order chi connectivity index (χ1) is 8.82. The summed E-state index contributed by atoms with van der Waals surface area (Å²) in [5.74, 6) is 1.68. The largest absolute Gasteiger partial charge is 0.373 e. The Bertz CT molecular complexity index is 592. The fourth-order valence-electron chi connectivity index (χ4n) is 1.89. The average molecular weight is 259 g/mol. The number of nitrogens with zero attached hydrogens (tertiary/aromatic N) is 4. The van der Waals surface area contributed by atoms with Crippen molar-refractivity contribution in [3.63, 3.8) is 0 Å². The Kier molecular flexibility index (Phi) is 3.30. The molecule has 2 aromatic heterocycles. The molecule has 0 aromatic carbocycles. The first-order valence-electron chi connectivity index (χ1n) is 6.40. The van der Waals surface area contributed by atoms with Gasteiger partial charge >= 0.3 is 0 Å². The van der Waals surface area contributed by atoms with Crippen molar-refractivity contribution in [2.75, 3.05) is 12.4 Å². The number of aromatic nitrogens is 4. The van der Waals surface area contributed by atoms with Crippen LogP contribution in [-0.4, -0.2) is 26.8 Å². The van der Waals surface area contributed by atoms with Gasteiger partial charge in [-0.05, 0) is 13.0 Å². The molecule has 2 aromatic rings. The third-order valence-corrected chi connectivity index (χ3v) is 3.01. The van der Waals surface area contributed by atoms with Crippen LogP contribution in [0.15, 0.2) is 12.3 Å². The predicted molar refractivity (Wildman–Crippen MR) is 77.2 cm³/mol. The highest BCUT2D eigenvalue weighted by Crippen LogP contribution is 2.28. The summed E-state index contributed by atoms with van der Waals surface area (Å²) in [5, 5.41) is 7.58. The lowest BCUT2D eigenvalue weighted by atomic mass is 9.95. The smallest absolute Gasteiger partial charge is 0.136 e. The van der Waals surface area contributed by atoms with E-state index < -0.39 is 0 Å². The fourth-order valence-corrected chi connectivity index (χ4v) is 1.89. The van der Waals surface area contributed by atoms with Crippen molar-refractivity contribution < 1.29 is 0 Å². The van der Waals surface area contributed by atoms with Gasteiger partial charge in [-0.15, -0.1) is 0 Å². The van der Waals surface area contributed by atoms with Crippen LogP contribution in [-0.2, 0) is 12.5 Å². The van der Waals surface area contributed by atoms with E-state index in [2.05, 4.69) is 36.2 Å². The number of hydrogen-bond donors (Lipinski definition) is 1. The van der Waals surface area contributed by atoms with Gasteiger partial charge in [-0.2, -0.15) is 5.10 Å². The van der Waals surface area contributed by atoms with Gasteiger partial charge in [0.05, 0.1) is 5.69 Å². The molecule has 19 heavy (non-hydrogen) atoms. The second-order valence-corrected chi connectivity index (χ2v) is 5.74. The van der Waals surface area contributed by atoms with Crippen LogP contribution < -0.4 is 5.32 Å². The van der Waals surface area contributed by atoms with Crippen LogP contribution in [0.3, 0.4) is 0 Å². The van der Waals surface area contributed by atoms with Gasteiger partial charge in [0.25, 0.3) is 0 Å². The second-order valence-electron chi connectivity index (χ2n) is 5.74. The monoisotopic (exact) mass is 259 g/mol. The maximum atomic E-state index is 4.71. The second kappa shape index (κ2) is 4.64. The molecule has 102 valence electrons. The molecule has 0 saturated carbocycles. The molecule has 0 unspecified atom stereocenters. The molecule has 0 atom stereocenters. The van der Waals surface area contributed by atoms with Crippen LogP contribution in [0.1, 0.15) is 32.2 Å². The standard InChI is InChI=1S/C14H21N5/c1-9-11(10-7-8-19(6)18-10)16-13(14(2,3)4)17-12(9)15-5/h7-8H,1-6H3,(H,15,16,17). The van der Waals surface area contributed by atoms with E-state index in [4.69, 9.17) is 4.98 Å². The molecule has 0 amide bonds. The molecule has 0 aliphatic rings. The first-order valence-corrected chi connectivity index (χ1v) is 6.40. The Hall–Kier alpha value is -1.91. The fraction of sp³-hybridized carbons (Fsp3) is 0.500. The molecule has 0 radical (unpaired) electrons. The number of rotatable bonds is 2. The van der Waals surface area contributed by atoms with Crippen LogP contribution in [0, 0.1) is 6.92 Å². The molecule has 0 aliphatic heterocycles. The van der Waals surface area contributed by atoms with E-state index in [-0.39, 0.29) is 5.41 Å². The minimum atomic E-state index is -0.0944. The zero-order chi connectivity index (χ0) is 14.2. The number of nitrogens with one attached hydrogen (secondary N) is 1. The Morgan fingerprint density at radius 2 is 1.89 bits per heavy atom. The topological polar surface area (TPSA) is 55.6 Å². The van der Waals surface area contributed by atoms with Gasteiger partial charge in [0.2, 0.25) is 0 Å². The molecular formula is C14H21N5. The quantitative estimate of drug-likeness (QED) is 0.900. The number of anilines is 1. The van der Waals surface area contributed by atoms with Crippen LogP contribution >= 0.6 is 0 Å². The molecule has 2 heterocycles. The van der Waals surface area contributed by atoms with E-state index in [1.165, 1.54) is 0 Å². The zero-order valence-corrected chi connectivity index (χ0v) is 12.4. The van der Waals surface area contributed by atoms with Crippen molar-refractivity contribution in [2.24, 2.45) is 7.05 Å². The molecule has 0 aliphatic carbocycles. The van der Waals surface area contributed by atoms with E-state index in [1.54, 1.807) is 4.68 Å². The van der Waals surface area contributed by atoms with E-state index in [9.17, 15) is 0 Å². The van der Waals surface area contributed by atoms with Gasteiger partial charge in [-0.3, -0.25) is 4.68 Å². The molecule has 0 fully saturated rings. The summed E-state index contributed by atoms with van der Waals surface area (Å²) >= 11 is 0. The minimum Gasteiger partial charge on any atom is -0.373 e. The molecule has 0 bridgehead atoms. The summed E-state index contributed by atoms with van der Waals surface area (Å²) in [6, 6.07) is 1.97. The van der Waals surface area contributed by atoms with Crippen molar-refractivity contribution in [2.45, 2.75) is 33.1 Å². The van der Waals surface area contributed by atoms with Crippen LogP contribution in [0.25, 0.3) is 11.4 Å². The van der Waals surface area contributed by atoms with E-state index in [0.717, 1.165) is 28.6 Å². The van der Waals surface area contributed by atoms with Gasteiger partial charge in [0.15, 0.2) is 0 Å². The molecule has 0 saturated heterocycles. The Labute approximate surface area is 114 Å². The third-order valence-electron chi connectivity index (χ3n) is 3.01. The van der Waals surface area contributed by atoms with Crippen LogP contribution in [0.4, 0.5) is 5.82 Å². The normalized spacial score (nSPS) is 11.7. The minimum absolute atomic E-state index is 0.0944. The highest BCUT2D eigenvalue weighted by molar-refractivity contribution is 5.65. The van der Waals surface area contributed by atoms with Crippen LogP contribution in [0.5, 0.6) is 0 Å². The number of aryl methyl sites for hydroxylation is 1. The van der Waals surface area contributed by atoms with Crippen molar-refractivity contribution in [3.05, 3.63) is 23.7 Å². The van der Waals surface area contributed by atoms with Crippen molar-refractivity contribution in [1.29, 1.82) is 0 Å². The molecule has 5 nitrogen and oxygen atoms in total. The maximum absolute atomic E-state index is 4.71. The average Bonchev–Trinajstić information content (AvgIpc) is 2.74.